The lowest BCUT2D eigenvalue weighted by Crippen LogP contribution is -2.35. The van der Waals surface area contributed by atoms with Crippen LogP contribution in [0.1, 0.15) is 47.4 Å². The van der Waals surface area contributed by atoms with Gasteiger partial charge in [0, 0.05) is 37.6 Å². The van der Waals surface area contributed by atoms with Gasteiger partial charge < -0.3 is 20.4 Å². The number of likely N-dealkylation sites (N-methyl/N-ethyl adjacent to an activating group) is 1. The van der Waals surface area contributed by atoms with Gasteiger partial charge >= 0.3 is 0 Å². The van der Waals surface area contributed by atoms with Crippen molar-refractivity contribution >= 4 is 34.8 Å². The summed E-state index contributed by atoms with van der Waals surface area (Å²) in [5, 5.41) is 6.31. The Morgan fingerprint density at radius 2 is 1.71 bits per heavy atom. The zero-order valence-corrected chi connectivity index (χ0v) is 19.0. The Hall–Kier alpha value is -2.57. The molecule has 2 amide bonds. The SMILES string of the molecule is CCN(CC)CCNC(=O)c1cc(NC(=O)c2ccccc2Cl)ccc1N1CCCC1. The van der Waals surface area contributed by atoms with Gasteiger partial charge in [-0.3, -0.25) is 9.59 Å². The number of halogens is 1. The molecule has 2 aromatic carbocycles. The summed E-state index contributed by atoms with van der Waals surface area (Å²) in [5.41, 5.74) is 2.46. The zero-order chi connectivity index (χ0) is 22.2. The van der Waals surface area contributed by atoms with Gasteiger partial charge in [0.25, 0.3) is 11.8 Å². The van der Waals surface area contributed by atoms with Crippen molar-refractivity contribution in [2.75, 3.05) is 49.5 Å². The molecule has 0 saturated carbocycles. The Labute approximate surface area is 189 Å². The first kappa shape index (κ1) is 23.1. The summed E-state index contributed by atoms with van der Waals surface area (Å²) < 4.78 is 0. The van der Waals surface area contributed by atoms with Crippen molar-refractivity contribution in [3.8, 4) is 0 Å². The quantitative estimate of drug-likeness (QED) is 0.608. The molecule has 6 nitrogen and oxygen atoms in total. The summed E-state index contributed by atoms with van der Waals surface area (Å²) in [6.07, 6.45) is 2.24. The van der Waals surface area contributed by atoms with Gasteiger partial charge in [-0.05, 0) is 56.3 Å². The zero-order valence-electron chi connectivity index (χ0n) is 18.3. The van der Waals surface area contributed by atoms with E-state index in [1.807, 2.05) is 12.1 Å². The van der Waals surface area contributed by atoms with E-state index in [1.54, 1.807) is 30.3 Å². The number of amides is 2. The molecule has 3 rings (SSSR count). The van der Waals surface area contributed by atoms with Gasteiger partial charge in [-0.15, -0.1) is 0 Å². The van der Waals surface area contributed by atoms with Gasteiger partial charge in [0.2, 0.25) is 0 Å². The molecule has 0 unspecified atom stereocenters. The lowest BCUT2D eigenvalue weighted by molar-refractivity contribution is 0.0948. The number of rotatable bonds is 9. The smallest absolute Gasteiger partial charge is 0.257 e. The predicted molar refractivity (Wildman–Crippen MR) is 127 cm³/mol. The second-order valence-corrected chi connectivity index (χ2v) is 8.05. The van der Waals surface area contributed by atoms with Crippen LogP contribution in [0.5, 0.6) is 0 Å². The minimum Gasteiger partial charge on any atom is -0.371 e. The largest absolute Gasteiger partial charge is 0.371 e. The number of anilines is 2. The van der Waals surface area contributed by atoms with Crippen molar-refractivity contribution in [1.82, 2.24) is 10.2 Å². The second-order valence-electron chi connectivity index (χ2n) is 7.64. The van der Waals surface area contributed by atoms with Gasteiger partial charge in [0.1, 0.15) is 0 Å². The highest BCUT2D eigenvalue weighted by atomic mass is 35.5. The molecule has 1 heterocycles. The minimum absolute atomic E-state index is 0.122. The molecule has 7 heteroatoms. The molecule has 2 N–H and O–H groups in total. The highest BCUT2D eigenvalue weighted by Gasteiger charge is 2.21. The first-order valence-corrected chi connectivity index (χ1v) is 11.4. The van der Waals surface area contributed by atoms with Crippen molar-refractivity contribution in [2.24, 2.45) is 0 Å². The van der Waals surface area contributed by atoms with Crippen LogP contribution in [0.4, 0.5) is 11.4 Å². The van der Waals surface area contributed by atoms with Crippen molar-refractivity contribution < 1.29 is 9.59 Å². The second kappa shape index (κ2) is 11.2. The Morgan fingerprint density at radius 1 is 1.00 bits per heavy atom. The third-order valence-electron chi connectivity index (χ3n) is 5.67. The molecule has 0 atom stereocenters. The van der Waals surface area contributed by atoms with E-state index in [4.69, 9.17) is 11.6 Å². The maximum Gasteiger partial charge on any atom is 0.257 e. The van der Waals surface area contributed by atoms with Crippen molar-refractivity contribution in [1.29, 1.82) is 0 Å². The third kappa shape index (κ3) is 5.99. The Morgan fingerprint density at radius 3 is 2.39 bits per heavy atom. The topological polar surface area (TPSA) is 64.7 Å². The highest BCUT2D eigenvalue weighted by Crippen LogP contribution is 2.28. The van der Waals surface area contributed by atoms with Crippen LogP contribution in [0, 0.1) is 0 Å². The van der Waals surface area contributed by atoms with E-state index >= 15 is 0 Å². The average molecular weight is 443 g/mol. The molecular formula is C24H31ClN4O2. The number of carbonyl (C=O) groups is 2. The summed E-state index contributed by atoms with van der Waals surface area (Å²) in [4.78, 5) is 30.2. The Balaban J connectivity index is 1.78. The normalized spacial score (nSPS) is 13.5. The molecule has 2 aromatic rings. The van der Waals surface area contributed by atoms with Gasteiger partial charge in [-0.1, -0.05) is 37.6 Å². The number of hydrogen-bond acceptors (Lipinski definition) is 4. The average Bonchev–Trinajstić information content (AvgIpc) is 3.31. The van der Waals surface area contributed by atoms with Gasteiger partial charge in [-0.25, -0.2) is 0 Å². The van der Waals surface area contributed by atoms with E-state index in [0.717, 1.165) is 51.3 Å². The van der Waals surface area contributed by atoms with E-state index in [9.17, 15) is 9.59 Å². The fraction of sp³-hybridized carbons (Fsp3) is 0.417. The monoisotopic (exact) mass is 442 g/mol. The summed E-state index contributed by atoms with van der Waals surface area (Å²) >= 11 is 6.15. The van der Waals surface area contributed by atoms with Crippen LogP contribution >= 0.6 is 11.6 Å². The standard InChI is InChI=1S/C24H31ClN4O2/c1-3-28(4-2)16-13-26-23(30)20-17-18(11-12-22(20)29-14-7-8-15-29)27-24(31)19-9-5-6-10-21(19)25/h5-6,9-12,17H,3-4,7-8,13-16H2,1-2H3,(H,26,30)(H,27,31). The van der Waals surface area contributed by atoms with E-state index in [2.05, 4.69) is 34.3 Å². The lowest BCUT2D eigenvalue weighted by Gasteiger charge is -2.23. The van der Waals surface area contributed by atoms with Gasteiger partial charge in [0.15, 0.2) is 0 Å². The number of benzene rings is 2. The van der Waals surface area contributed by atoms with Crippen LogP contribution in [-0.2, 0) is 0 Å². The fourth-order valence-electron chi connectivity index (χ4n) is 3.84. The molecule has 31 heavy (non-hydrogen) atoms. The third-order valence-corrected chi connectivity index (χ3v) is 6.00. The molecule has 0 radical (unpaired) electrons. The van der Waals surface area contributed by atoms with Gasteiger partial charge in [-0.2, -0.15) is 0 Å². The van der Waals surface area contributed by atoms with E-state index in [1.165, 1.54) is 0 Å². The van der Waals surface area contributed by atoms with Crippen LogP contribution in [0.3, 0.4) is 0 Å². The maximum absolute atomic E-state index is 13.1. The van der Waals surface area contributed by atoms with Crippen LogP contribution in [0.2, 0.25) is 5.02 Å². The lowest BCUT2D eigenvalue weighted by atomic mass is 10.1. The fourth-order valence-corrected chi connectivity index (χ4v) is 4.06. The van der Waals surface area contributed by atoms with E-state index in [0.29, 0.717) is 28.4 Å². The number of hydrogen-bond donors (Lipinski definition) is 2. The van der Waals surface area contributed by atoms with Crippen LogP contribution in [0.25, 0.3) is 0 Å². The molecule has 0 spiro atoms. The molecular weight excluding hydrogens is 412 g/mol. The van der Waals surface area contributed by atoms with Gasteiger partial charge in [0.05, 0.1) is 16.1 Å². The Kier molecular flexibility index (Phi) is 8.32. The first-order chi connectivity index (χ1) is 15.0. The number of carbonyl (C=O) groups excluding carboxylic acids is 2. The summed E-state index contributed by atoms with van der Waals surface area (Å²) in [5.74, 6) is -0.421. The van der Waals surface area contributed by atoms with Crippen molar-refractivity contribution in [2.45, 2.75) is 26.7 Å². The first-order valence-electron chi connectivity index (χ1n) is 11.0. The van der Waals surface area contributed by atoms with E-state index < -0.39 is 0 Å². The molecule has 1 saturated heterocycles. The minimum atomic E-state index is -0.299. The van der Waals surface area contributed by atoms with Crippen molar-refractivity contribution in [3.63, 3.8) is 0 Å². The Bertz CT molecular complexity index is 908. The molecule has 166 valence electrons. The summed E-state index contributed by atoms with van der Waals surface area (Å²) in [6, 6.07) is 12.4. The molecule has 0 bridgehead atoms. The van der Waals surface area contributed by atoms with Crippen LogP contribution < -0.4 is 15.5 Å². The molecule has 1 aliphatic rings. The molecule has 0 aliphatic carbocycles. The number of nitrogens with one attached hydrogen (secondary N) is 2. The number of nitrogens with zero attached hydrogens (tertiary/aromatic N) is 2. The van der Waals surface area contributed by atoms with Crippen LogP contribution in [0.15, 0.2) is 42.5 Å². The highest BCUT2D eigenvalue weighted by molar-refractivity contribution is 6.34. The van der Waals surface area contributed by atoms with E-state index in [-0.39, 0.29) is 11.8 Å². The molecule has 0 aromatic heterocycles. The van der Waals surface area contributed by atoms with Crippen molar-refractivity contribution in [3.05, 3.63) is 58.6 Å². The van der Waals surface area contributed by atoms with Crippen LogP contribution in [-0.4, -0.2) is 56.0 Å². The summed E-state index contributed by atoms with van der Waals surface area (Å²) in [6.45, 7) is 9.39. The summed E-state index contributed by atoms with van der Waals surface area (Å²) in [7, 11) is 0. The molecule has 1 aliphatic heterocycles. The predicted octanol–water partition coefficient (Wildman–Crippen LogP) is 4.26. The molecule has 1 fully saturated rings. The maximum atomic E-state index is 13.1.